The molecule has 4 aromatic rings. The van der Waals surface area contributed by atoms with Crippen molar-refractivity contribution in [2.45, 2.75) is 25.5 Å². The molecular formula is C21H18N2O2. The van der Waals surface area contributed by atoms with E-state index >= 15 is 0 Å². The molecule has 0 saturated carbocycles. The average Bonchev–Trinajstić information content (AvgIpc) is 3.31. The number of nitrogens with zero attached hydrogens (tertiary/aromatic N) is 2. The summed E-state index contributed by atoms with van der Waals surface area (Å²) in [4.78, 5) is 4.29. The van der Waals surface area contributed by atoms with Crippen LogP contribution in [0.2, 0.25) is 0 Å². The topological polar surface area (TPSA) is 51.2 Å². The SMILES string of the molecule is Cc1cc2occc2cc1C(O)CC1c2ccccc2-c2cncn21. The van der Waals surface area contributed by atoms with E-state index in [0.29, 0.717) is 6.42 Å². The number of aliphatic hydroxyl groups is 1. The van der Waals surface area contributed by atoms with E-state index in [9.17, 15) is 5.11 Å². The second-order valence-electron chi connectivity index (χ2n) is 6.71. The Balaban J connectivity index is 1.53. The van der Waals surface area contributed by atoms with Crippen molar-refractivity contribution in [2.75, 3.05) is 0 Å². The summed E-state index contributed by atoms with van der Waals surface area (Å²) in [6.45, 7) is 2.02. The van der Waals surface area contributed by atoms with Gasteiger partial charge in [-0.1, -0.05) is 24.3 Å². The normalized spacial score (nSPS) is 16.8. The van der Waals surface area contributed by atoms with Crippen molar-refractivity contribution in [1.82, 2.24) is 9.55 Å². The molecule has 4 heteroatoms. The summed E-state index contributed by atoms with van der Waals surface area (Å²) in [7, 11) is 0. The lowest BCUT2D eigenvalue weighted by atomic mass is 9.93. The Labute approximate surface area is 145 Å². The van der Waals surface area contributed by atoms with Crippen LogP contribution in [-0.2, 0) is 0 Å². The van der Waals surface area contributed by atoms with Crippen molar-refractivity contribution in [1.29, 1.82) is 0 Å². The van der Waals surface area contributed by atoms with Crippen LogP contribution in [0.25, 0.3) is 22.2 Å². The zero-order chi connectivity index (χ0) is 17.0. The van der Waals surface area contributed by atoms with Gasteiger partial charge in [0.1, 0.15) is 5.58 Å². The van der Waals surface area contributed by atoms with Gasteiger partial charge in [-0.2, -0.15) is 0 Å². The molecule has 1 N–H and O–H groups in total. The Bertz CT molecular complexity index is 1080. The second kappa shape index (κ2) is 5.33. The highest BCUT2D eigenvalue weighted by Gasteiger charge is 2.30. The first-order chi connectivity index (χ1) is 12.2. The zero-order valence-electron chi connectivity index (χ0n) is 13.9. The lowest BCUT2D eigenvalue weighted by Gasteiger charge is -2.20. The van der Waals surface area contributed by atoms with E-state index in [1.165, 1.54) is 11.1 Å². The van der Waals surface area contributed by atoms with Gasteiger partial charge in [0.25, 0.3) is 0 Å². The fraction of sp³-hybridized carbons (Fsp3) is 0.190. The molecule has 1 aliphatic heterocycles. The molecule has 2 atom stereocenters. The molecule has 4 nitrogen and oxygen atoms in total. The molecule has 0 fully saturated rings. The number of aromatic nitrogens is 2. The van der Waals surface area contributed by atoms with Gasteiger partial charge in [-0.3, -0.25) is 0 Å². The largest absolute Gasteiger partial charge is 0.464 e. The minimum Gasteiger partial charge on any atom is -0.464 e. The second-order valence-corrected chi connectivity index (χ2v) is 6.71. The van der Waals surface area contributed by atoms with E-state index in [1.54, 1.807) is 6.26 Å². The summed E-state index contributed by atoms with van der Waals surface area (Å²) in [5, 5.41) is 12.0. The molecule has 124 valence electrons. The van der Waals surface area contributed by atoms with Crippen LogP contribution in [0.5, 0.6) is 0 Å². The molecule has 0 amide bonds. The van der Waals surface area contributed by atoms with E-state index in [-0.39, 0.29) is 6.04 Å². The van der Waals surface area contributed by atoms with Crippen molar-refractivity contribution in [3.05, 3.63) is 77.9 Å². The van der Waals surface area contributed by atoms with Crippen LogP contribution in [0.1, 0.15) is 35.3 Å². The van der Waals surface area contributed by atoms with Gasteiger partial charge in [0.05, 0.1) is 36.6 Å². The maximum absolute atomic E-state index is 11.0. The molecule has 2 aromatic heterocycles. The molecule has 25 heavy (non-hydrogen) atoms. The van der Waals surface area contributed by atoms with Crippen molar-refractivity contribution >= 4 is 11.0 Å². The highest BCUT2D eigenvalue weighted by atomic mass is 16.3. The van der Waals surface area contributed by atoms with Crippen molar-refractivity contribution in [2.24, 2.45) is 0 Å². The Morgan fingerprint density at radius 3 is 3.04 bits per heavy atom. The summed E-state index contributed by atoms with van der Waals surface area (Å²) in [6.07, 6.45) is 5.51. The quantitative estimate of drug-likeness (QED) is 0.596. The third-order valence-electron chi connectivity index (χ3n) is 5.24. The molecule has 2 aromatic carbocycles. The fourth-order valence-corrected chi connectivity index (χ4v) is 4.00. The number of aliphatic hydroxyl groups excluding tert-OH is 1. The number of hydrogen-bond acceptors (Lipinski definition) is 3. The summed E-state index contributed by atoms with van der Waals surface area (Å²) in [5.41, 5.74) is 6.44. The summed E-state index contributed by atoms with van der Waals surface area (Å²) < 4.78 is 7.62. The molecule has 0 radical (unpaired) electrons. The number of benzene rings is 2. The Morgan fingerprint density at radius 1 is 1.24 bits per heavy atom. The van der Waals surface area contributed by atoms with Crippen LogP contribution >= 0.6 is 0 Å². The Hall–Kier alpha value is -2.85. The number of furan rings is 1. The molecule has 0 bridgehead atoms. The van der Waals surface area contributed by atoms with E-state index in [4.69, 9.17) is 4.42 Å². The number of fused-ring (bicyclic) bond motifs is 4. The Kier molecular flexibility index (Phi) is 3.09. The lowest BCUT2D eigenvalue weighted by Crippen LogP contribution is -2.11. The summed E-state index contributed by atoms with van der Waals surface area (Å²) in [6, 6.07) is 14.4. The Morgan fingerprint density at radius 2 is 2.12 bits per heavy atom. The van der Waals surface area contributed by atoms with Crippen LogP contribution in [0.4, 0.5) is 0 Å². The van der Waals surface area contributed by atoms with Crippen LogP contribution in [0.3, 0.4) is 0 Å². The fourth-order valence-electron chi connectivity index (χ4n) is 4.00. The van der Waals surface area contributed by atoms with Gasteiger partial charge >= 0.3 is 0 Å². The van der Waals surface area contributed by atoms with Crippen LogP contribution in [0, 0.1) is 6.92 Å². The monoisotopic (exact) mass is 330 g/mol. The van der Waals surface area contributed by atoms with E-state index in [2.05, 4.69) is 27.8 Å². The minimum atomic E-state index is -0.550. The first-order valence-corrected chi connectivity index (χ1v) is 8.49. The predicted octanol–water partition coefficient (Wildman–Crippen LogP) is 4.63. The highest BCUT2D eigenvalue weighted by molar-refractivity contribution is 5.79. The zero-order valence-corrected chi connectivity index (χ0v) is 13.9. The summed E-state index contributed by atoms with van der Waals surface area (Å²) >= 11 is 0. The van der Waals surface area contributed by atoms with Gasteiger partial charge in [-0.25, -0.2) is 4.98 Å². The average molecular weight is 330 g/mol. The van der Waals surface area contributed by atoms with Gasteiger partial charge in [-0.15, -0.1) is 0 Å². The van der Waals surface area contributed by atoms with Gasteiger partial charge in [0, 0.05) is 17.4 Å². The maximum Gasteiger partial charge on any atom is 0.134 e. The van der Waals surface area contributed by atoms with Crippen molar-refractivity contribution in [3.8, 4) is 11.3 Å². The molecular weight excluding hydrogens is 312 g/mol. The number of rotatable bonds is 3. The van der Waals surface area contributed by atoms with Gasteiger partial charge < -0.3 is 14.1 Å². The highest BCUT2D eigenvalue weighted by Crippen LogP contribution is 2.43. The minimum absolute atomic E-state index is 0.100. The van der Waals surface area contributed by atoms with E-state index in [1.807, 2.05) is 43.7 Å². The van der Waals surface area contributed by atoms with Crippen molar-refractivity contribution < 1.29 is 9.52 Å². The standard InChI is InChI=1S/C21H18N2O2/c1-13-8-21-14(6-7-25-21)9-17(13)20(24)10-18-15-4-2-3-5-16(15)19-11-22-12-23(18)19/h2-9,11-12,18,20,24H,10H2,1H3. The smallest absolute Gasteiger partial charge is 0.134 e. The van der Waals surface area contributed by atoms with Crippen LogP contribution < -0.4 is 0 Å². The predicted molar refractivity (Wildman–Crippen MR) is 96.3 cm³/mol. The third-order valence-corrected chi connectivity index (χ3v) is 5.24. The van der Waals surface area contributed by atoms with E-state index < -0.39 is 6.10 Å². The van der Waals surface area contributed by atoms with Gasteiger partial charge in [-0.05, 0) is 41.8 Å². The lowest BCUT2D eigenvalue weighted by molar-refractivity contribution is 0.153. The van der Waals surface area contributed by atoms with E-state index in [0.717, 1.165) is 27.8 Å². The number of imidazole rings is 1. The molecule has 3 heterocycles. The van der Waals surface area contributed by atoms with Crippen LogP contribution in [-0.4, -0.2) is 14.7 Å². The summed E-state index contributed by atoms with van der Waals surface area (Å²) in [5.74, 6) is 0. The maximum atomic E-state index is 11.0. The molecule has 5 rings (SSSR count). The third kappa shape index (κ3) is 2.14. The number of aryl methyl sites for hydroxylation is 1. The molecule has 2 unspecified atom stereocenters. The van der Waals surface area contributed by atoms with Gasteiger partial charge in [0.2, 0.25) is 0 Å². The first-order valence-electron chi connectivity index (χ1n) is 8.49. The van der Waals surface area contributed by atoms with Crippen LogP contribution in [0.15, 0.2) is 65.7 Å². The molecule has 0 aliphatic carbocycles. The van der Waals surface area contributed by atoms with Crippen molar-refractivity contribution in [3.63, 3.8) is 0 Å². The molecule has 1 aliphatic rings. The first kappa shape index (κ1) is 14.5. The molecule has 0 spiro atoms. The molecule has 0 saturated heterocycles. The number of hydrogen-bond donors (Lipinski definition) is 1. The van der Waals surface area contributed by atoms with Gasteiger partial charge in [0.15, 0.2) is 0 Å².